The molecule has 0 aliphatic rings. The van der Waals surface area contributed by atoms with Crippen molar-refractivity contribution in [3.63, 3.8) is 0 Å². The van der Waals surface area contributed by atoms with Crippen LogP contribution in [0, 0.1) is 0 Å². The van der Waals surface area contributed by atoms with Crippen LogP contribution in [0.25, 0.3) is 0 Å². The minimum atomic E-state index is -0.103. The van der Waals surface area contributed by atoms with Crippen molar-refractivity contribution >= 4 is 5.91 Å². The molecule has 0 aliphatic heterocycles. The molecule has 2 aromatic rings. The van der Waals surface area contributed by atoms with Gasteiger partial charge in [-0.2, -0.15) is 0 Å². The lowest BCUT2D eigenvalue weighted by molar-refractivity contribution is 0.0950. The maximum atomic E-state index is 11.9. The Balaban J connectivity index is 1.96. The third-order valence-electron chi connectivity index (χ3n) is 2.75. The summed E-state index contributed by atoms with van der Waals surface area (Å²) in [6, 6.07) is 7.65. The number of nitrogens with one attached hydrogen (secondary N) is 1. The van der Waals surface area contributed by atoms with Gasteiger partial charge in [-0.25, -0.2) is 4.98 Å². The van der Waals surface area contributed by atoms with E-state index in [0.29, 0.717) is 23.7 Å². The molecule has 18 heavy (non-hydrogen) atoms. The molecule has 94 valence electrons. The van der Waals surface area contributed by atoms with E-state index in [9.17, 15) is 4.79 Å². The van der Waals surface area contributed by atoms with Crippen LogP contribution >= 0.6 is 0 Å². The molecule has 0 atom stereocenters. The number of amides is 1. The molecular weight excluding hydrogens is 228 g/mol. The minimum absolute atomic E-state index is 0.103. The quantitative estimate of drug-likeness (QED) is 0.899. The first-order chi connectivity index (χ1) is 8.66. The lowest BCUT2D eigenvalue weighted by Gasteiger charge is -2.07. The first-order valence-corrected chi connectivity index (χ1v) is 5.92. The van der Waals surface area contributed by atoms with Gasteiger partial charge >= 0.3 is 0 Å². The summed E-state index contributed by atoms with van der Waals surface area (Å²) in [7, 11) is 0. The van der Waals surface area contributed by atoms with Crippen LogP contribution in [0.3, 0.4) is 0 Å². The molecule has 0 bridgehead atoms. The Morgan fingerprint density at radius 2 is 2.06 bits per heavy atom. The van der Waals surface area contributed by atoms with Crippen LogP contribution < -0.4 is 5.32 Å². The van der Waals surface area contributed by atoms with Crippen molar-refractivity contribution in [2.45, 2.75) is 26.3 Å². The highest BCUT2D eigenvalue weighted by Gasteiger charge is 2.06. The Bertz CT molecular complexity index is 501. The second kappa shape index (κ2) is 5.49. The van der Waals surface area contributed by atoms with E-state index in [4.69, 9.17) is 4.42 Å². The summed E-state index contributed by atoms with van der Waals surface area (Å²) in [5, 5.41) is 2.79. The molecule has 1 amide bonds. The first kappa shape index (κ1) is 12.4. The van der Waals surface area contributed by atoms with Gasteiger partial charge in [0.2, 0.25) is 0 Å². The molecule has 4 nitrogen and oxygen atoms in total. The van der Waals surface area contributed by atoms with Crippen LogP contribution in [0.15, 0.2) is 41.3 Å². The number of hydrogen-bond donors (Lipinski definition) is 1. The van der Waals surface area contributed by atoms with E-state index in [1.54, 1.807) is 0 Å². The predicted octanol–water partition coefficient (Wildman–Crippen LogP) is 2.73. The summed E-state index contributed by atoms with van der Waals surface area (Å²) >= 11 is 0. The highest BCUT2D eigenvalue weighted by molar-refractivity contribution is 5.94. The zero-order valence-corrected chi connectivity index (χ0v) is 10.5. The summed E-state index contributed by atoms with van der Waals surface area (Å²) < 4.78 is 4.83. The van der Waals surface area contributed by atoms with Crippen molar-refractivity contribution in [1.29, 1.82) is 0 Å². The molecule has 0 spiro atoms. The largest absolute Gasteiger partial charge is 0.451 e. The van der Waals surface area contributed by atoms with E-state index in [0.717, 1.165) is 0 Å². The van der Waals surface area contributed by atoms with E-state index < -0.39 is 0 Å². The predicted molar refractivity (Wildman–Crippen MR) is 68.2 cm³/mol. The van der Waals surface area contributed by atoms with E-state index in [1.165, 1.54) is 18.2 Å². The minimum Gasteiger partial charge on any atom is -0.451 e. The van der Waals surface area contributed by atoms with Gasteiger partial charge in [0.1, 0.15) is 6.26 Å². The first-order valence-electron chi connectivity index (χ1n) is 5.92. The second-order valence-electron chi connectivity index (χ2n) is 4.44. The van der Waals surface area contributed by atoms with Crippen LogP contribution in [0.4, 0.5) is 0 Å². The lowest BCUT2D eigenvalue weighted by Crippen LogP contribution is -2.22. The van der Waals surface area contributed by atoms with E-state index in [-0.39, 0.29) is 5.91 Å². The average molecular weight is 244 g/mol. The van der Waals surface area contributed by atoms with Crippen molar-refractivity contribution in [3.05, 3.63) is 53.7 Å². The van der Waals surface area contributed by atoms with Crippen LogP contribution in [-0.2, 0) is 6.54 Å². The molecule has 0 fully saturated rings. The lowest BCUT2D eigenvalue weighted by atomic mass is 10.0. The van der Waals surface area contributed by atoms with Gasteiger partial charge in [0.25, 0.3) is 5.91 Å². The summed E-state index contributed by atoms with van der Waals surface area (Å²) in [6.07, 6.45) is 2.86. The average Bonchev–Trinajstić information content (AvgIpc) is 2.89. The van der Waals surface area contributed by atoms with E-state index in [2.05, 4.69) is 24.1 Å². The normalized spacial score (nSPS) is 10.6. The molecule has 2 rings (SSSR count). The molecule has 1 aromatic heterocycles. The van der Waals surface area contributed by atoms with Crippen LogP contribution in [-0.4, -0.2) is 10.9 Å². The molecule has 0 radical (unpaired) electrons. The van der Waals surface area contributed by atoms with Crippen molar-refractivity contribution < 1.29 is 9.21 Å². The molecule has 0 aliphatic carbocycles. The Labute approximate surface area is 106 Å². The molecule has 0 saturated heterocycles. The van der Waals surface area contributed by atoms with Crippen LogP contribution in [0.5, 0.6) is 0 Å². The van der Waals surface area contributed by atoms with E-state index >= 15 is 0 Å². The summed E-state index contributed by atoms with van der Waals surface area (Å²) in [6.45, 7) is 4.63. The maximum Gasteiger partial charge on any atom is 0.251 e. The summed E-state index contributed by atoms with van der Waals surface area (Å²) in [5.74, 6) is 0.366. The molecule has 1 heterocycles. The standard InChI is InChI=1S/C14H16N2O2/c1-10(2)11-3-5-12(6-4-11)14(17)15-7-13-8-18-9-16-13/h3-6,8-10H,7H2,1-2H3,(H,15,17). The van der Waals surface area contributed by atoms with Crippen molar-refractivity contribution in [1.82, 2.24) is 10.3 Å². The SMILES string of the molecule is CC(C)c1ccc(C(=O)NCc2cocn2)cc1. The zero-order valence-electron chi connectivity index (χ0n) is 10.5. The topological polar surface area (TPSA) is 55.1 Å². The number of aromatic nitrogens is 1. The molecule has 0 unspecified atom stereocenters. The molecular formula is C14H16N2O2. The number of rotatable bonds is 4. The summed E-state index contributed by atoms with van der Waals surface area (Å²) in [5.41, 5.74) is 2.59. The van der Waals surface area contributed by atoms with Gasteiger partial charge in [-0.1, -0.05) is 26.0 Å². The molecule has 4 heteroatoms. The fourth-order valence-corrected chi connectivity index (χ4v) is 1.62. The van der Waals surface area contributed by atoms with Gasteiger partial charge in [0.05, 0.1) is 12.2 Å². The van der Waals surface area contributed by atoms with E-state index in [1.807, 2.05) is 24.3 Å². The Morgan fingerprint density at radius 3 is 2.61 bits per heavy atom. The van der Waals surface area contributed by atoms with Crippen molar-refractivity contribution in [3.8, 4) is 0 Å². The van der Waals surface area contributed by atoms with Gasteiger partial charge in [-0.3, -0.25) is 4.79 Å². The van der Waals surface area contributed by atoms with Gasteiger partial charge in [0, 0.05) is 5.56 Å². The third-order valence-corrected chi connectivity index (χ3v) is 2.75. The Morgan fingerprint density at radius 1 is 1.33 bits per heavy atom. The van der Waals surface area contributed by atoms with Gasteiger partial charge in [-0.15, -0.1) is 0 Å². The second-order valence-corrected chi connectivity index (χ2v) is 4.44. The molecule has 1 aromatic carbocycles. The number of oxazole rings is 1. The number of carbonyl (C=O) groups excluding carboxylic acids is 1. The highest BCUT2D eigenvalue weighted by Crippen LogP contribution is 2.14. The van der Waals surface area contributed by atoms with Crippen molar-refractivity contribution in [2.24, 2.45) is 0 Å². The van der Waals surface area contributed by atoms with Gasteiger partial charge in [-0.05, 0) is 23.6 Å². The smallest absolute Gasteiger partial charge is 0.251 e. The van der Waals surface area contributed by atoms with Crippen LogP contribution in [0.1, 0.15) is 41.4 Å². The fraction of sp³-hybridized carbons (Fsp3) is 0.286. The van der Waals surface area contributed by atoms with Gasteiger partial charge < -0.3 is 9.73 Å². The van der Waals surface area contributed by atoms with Crippen molar-refractivity contribution in [2.75, 3.05) is 0 Å². The third kappa shape index (κ3) is 2.97. The number of hydrogen-bond acceptors (Lipinski definition) is 3. The molecule has 1 N–H and O–H groups in total. The number of carbonyl (C=O) groups is 1. The van der Waals surface area contributed by atoms with Gasteiger partial charge in [0.15, 0.2) is 6.39 Å². The maximum absolute atomic E-state index is 11.9. The Kier molecular flexibility index (Phi) is 3.77. The monoisotopic (exact) mass is 244 g/mol. The highest BCUT2D eigenvalue weighted by atomic mass is 16.3. The van der Waals surface area contributed by atoms with Crippen LogP contribution in [0.2, 0.25) is 0 Å². The fourth-order valence-electron chi connectivity index (χ4n) is 1.62. The Hall–Kier alpha value is -2.10. The summed E-state index contributed by atoms with van der Waals surface area (Å²) in [4.78, 5) is 15.8. The molecule has 0 saturated carbocycles. The number of nitrogens with zero attached hydrogens (tertiary/aromatic N) is 1. The number of benzene rings is 1. The zero-order chi connectivity index (χ0) is 13.0.